The number of para-hydroxylation sites is 2. The summed E-state index contributed by atoms with van der Waals surface area (Å²) in [6.07, 6.45) is 3.18. The van der Waals surface area contributed by atoms with E-state index in [1.165, 1.54) is 10.9 Å². The second-order valence-electron chi connectivity index (χ2n) is 4.03. The molecule has 0 aliphatic heterocycles. The van der Waals surface area contributed by atoms with E-state index in [4.69, 9.17) is 0 Å². The number of halogens is 1. The van der Waals surface area contributed by atoms with Crippen molar-refractivity contribution in [1.82, 2.24) is 15.0 Å². The number of aromatic nitrogens is 3. The van der Waals surface area contributed by atoms with Crippen LogP contribution in [0, 0.1) is 0 Å². The van der Waals surface area contributed by atoms with Crippen LogP contribution in [-0.4, -0.2) is 23.4 Å². The standard InChI is InChI=1S/C12H9BrN4O2S2/c13-9-5-8-20-12(9)21(18,19)15-10-3-1-2-4-11(10)17-7-6-14-16-17/h1-8,15H. The highest BCUT2D eigenvalue weighted by Crippen LogP contribution is 2.30. The Hall–Kier alpha value is -1.71. The Morgan fingerprint density at radius 1 is 1.24 bits per heavy atom. The Balaban J connectivity index is 2.02. The number of rotatable bonds is 4. The summed E-state index contributed by atoms with van der Waals surface area (Å²) in [4.78, 5) is 0. The normalized spacial score (nSPS) is 11.5. The fourth-order valence-corrected chi connectivity index (χ4v) is 5.17. The summed E-state index contributed by atoms with van der Waals surface area (Å²) in [5.74, 6) is 0. The van der Waals surface area contributed by atoms with Crippen LogP contribution in [0.4, 0.5) is 5.69 Å². The minimum atomic E-state index is -3.65. The summed E-state index contributed by atoms with van der Waals surface area (Å²) < 4.78 is 29.7. The highest BCUT2D eigenvalue weighted by Gasteiger charge is 2.20. The lowest BCUT2D eigenvalue weighted by Gasteiger charge is -2.11. The van der Waals surface area contributed by atoms with Crippen LogP contribution < -0.4 is 4.72 Å². The molecule has 21 heavy (non-hydrogen) atoms. The average molecular weight is 385 g/mol. The SMILES string of the molecule is O=S(=O)(Nc1ccccc1-n1ccnn1)c1sccc1Br. The van der Waals surface area contributed by atoms with Crippen molar-refractivity contribution in [2.24, 2.45) is 0 Å². The number of benzene rings is 1. The summed E-state index contributed by atoms with van der Waals surface area (Å²) in [6, 6.07) is 8.69. The van der Waals surface area contributed by atoms with Gasteiger partial charge in [-0.1, -0.05) is 17.3 Å². The van der Waals surface area contributed by atoms with Crippen molar-refractivity contribution >= 4 is 43.0 Å². The predicted octanol–water partition coefficient (Wildman–Crippen LogP) is 2.89. The van der Waals surface area contributed by atoms with Gasteiger partial charge in [-0.2, -0.15) is 0 Å². The van der Waals surface area contributed by atoms with Crippen molar-refractivity contribution in [3.8, 4) is 5.69 Å². The van der Waals surface area contributed by atoms with Gasteiger partial charge >= 0.3 is 0 Å². The topological polar surface area (TPSA) is 76.9 Å². The maximum Gasteiger partial charge on any atom is 0.272 e. The van der Waals surface area contributed by atoms with E-state index in [-0.39, 0.29) is 4.21 Å². The lowest BCUT2D eigenvalue weighted by atomic mass is 10.3. The van der Waals surface area contributed by atoms with Crippen LogP contribution in [-0.2, 0) is 10.0 Å². The molecule has 0 atom stereocenters. The Bertz CT molecular complexity index is 859. The zero-order chi connectivity index (χ0) is 14.9. The van der Waals surface area contributed by atoms with Crippen molar-refractivity contribution in [3.05, 3.63) is 52.6 Å². The van der Waals surface area contributed by atoms with Crippen LogP contribution in [0.2, 0.25) is 0 Å². The first-order valence-electron chi connectivity index (χ1n) is 5.79. The largest absolute Gasteiger partial charge is 0.277 e. The first-order valence-corrected chi connectivity index (χ1v) is 8.95. The number of thiophene rings is 1. The molecule has 9 heteroatoms. The van der Waals surface area contributed by atoms with E-state index in [1.54, 1.807) is 41.9 Å². The summed E-state index contributed by atoms with van der Waals surface area (Å²) in [5, 5.41) is 9.32. The van der Waals surface area contributed by atoms with Gasteiger partial charge in [0.15, 0.2) is 4.21 Å². The fourth-order valence-electron chi connectivity index (χ4n) is 1.76. The molecule has 108 valence electrons. The van der Waals surface area contributed by atoms with Crippen LogP contribution in [0.5, 0.6) is 0 Å². The molecule has 1 N–H and O–H groups in total. The third kappa shape index (κ3) is 2.85. The smallest absolute Gasteiger partial charge is 0.272 e. The van der Waals surface area contributed by atoms with Gasteiger partial charge in [0.2, 0.25) is 0 Å². The summed E-state index contributed by atoms with van der Waals surface area (Å²) >= 11 is 4.38. The molecule has 0 saturated heterocycles. The maximum atomic E-state index is 12.4. The predicted molar refractivity (Wildman–Crippen MR) is 84.2 cm³/mol. The van der Waals surface area contributed by atoms with Crippen LogP contribution >= 0.6 is 27.3 Å². The number of nitrogens with zero attached hydrogens (tertiary/aromatic N) is 3. The zero-order valence-electron chi connectivity index (χ0n) is 10.5. The summed E-state index contributed by atoms with van der Waals surface area (Å²) in [5.41, 5.74) is 1.04. The number of nitrogens with one attached hydrogen (secondary N) is 1. The minimum Gasteiger partial charge on any atom is -0.277 e. The van der Waals surface area contributed by atoms with E-state index in [2.05, 4.69) is 31.0 Å². The van der Waals surface area contributed by atoms with E-state index in [0.29, 0.717) is 15.8 Å². The number of hydrogen-bond acceptors (Lipinski definition) is 5. The first-order chi connectivity index (χ1) is 10.1. The lowest BCUT2D eigenvalue weighted by molar-refractivity contribution is 0.602. The quantitative estimate of drug-likeness (QED) is 0.749. The monoisotopic (exact) mass is 384 g/mol. The van der Waals surface area contributed by atoms with E-state index in [1.807, 2.05) is 0 Å². The van der Waals surface area contributed by atoms with E-state index in [0.717, 1.165) is 11.3 Å². The van der Waals surface area contributed by atoms with Crippen LogP contribution in [0.3, 0.4) is 0 Å². The first kappa shape index (κ1) is 14.2. The van der Waals surface area contributed by atoms with Crippen LogP contribution in [0.1, 0.15) is 0 Å². The van der Waals surface area contributed by atoms with Gasteiger partial charge in [-0.15, -0.1) is 16.4 Å². The molecule has 3 rings (SSSR count). The average Bonchev–Trinajstić information content (AvgIpc) is 3.10. The summed E-state index contributed by atoms with van der Waals surface area (Å²) in [7, 11) is -3.65. The van der Waals surface area contributed by atoms with Gasteiger partial charge in [-0.3, -0.25) is 4.72 Å². The molecule has 2 aromatic heterocycles. The molecule has 0 radical (unpaired) electrons. The van der Waals surface area contributed by atoms with Crippen molar-refractivity contribution < 1.29 is 8.42 Å². The van der Waals surface area contributed by atoms with E-state index >= 15 is 0 Å². The molecule has 0 amide bonds. The molecule has 0 saturated carbocycles. The van der Waals surface area contributed by atoms with Crippen molar-refractivity contribution in [1.29, 1.82) is 0 Å². The Labute approximate surface area is 133 Å². The van der Waals surface area contributed by atoms with Crippen LogP contribution in [0.15, 0.2) is 56.8 Å². The van der Waals surface area contributed by atoms with Gasteiger partial charge < -0.3 is 0 Å². The molecule has 0 fully saturated rings. The third-order valence-corrected chi connectivity index (χ3v) is 6.68. The second-order valence-corrected chi connectivity index (χ2v) is 7.67. The van der Waals surface area contributed by atoms with Crippen molar-refractivity contribution in [2.75, 3.05) is 4.72 Å². The highest BCUT2D eigenvalue weighted by molar-refractivity contribution is 9.10. The highest BCUT2D eigenvalue weighted by atomic mass is 79.9. The molecular weight excluding hydrogens is 376 g/mol. The van der Waals surface area contributed by atoms with Gasteiger partial charge in [0.25, 0.3) is 10.0 Å². The number of sulfonamides is 1. The zero-order valence-corrected chi connectivity index (χ0v) is 13.7. The minimum absolute atomic E-state index is 0.232. The van der Waals surface area contributed by atoms with Gasteiger partial charge in [-0.25, -0.2) is 13.1 Å². The fraction of sp³-hybridized carbons (Fsp3) is 0. The molecule has 6 nitrogen and oxygen atoms in total. The third-order valence-electron chi connectivity index (χ3n) is 2.65. The molecule has 0 unspecified atom stereocenters. The molecule has 0 bridgehead atoms. The summed E-state index contributed by atoms with van der Waals surface area (Å²) in [6.45, 7) is 0. The second kappa shape index (κ2) is 5.58. The number of anilines is 1. The lowest BCUT2D eigenvalue weighted by Crippen LogP contribution is -2.14. The molecular formula is C12H9BrN4O2S2. The van der Waals surface area contributed by atoms with Gasteiger partial charge in [0, 0.05) is 4.47 Å². The van der Waals surface area contributed by atoms with Gasteiger partial charge in [0.05, 0.1) is 23.8 Å². The van der Waals surface area contributed by atoms with Crippen LogP contribution in [0.25, 0.3) is 5.69 Å². The van der Waals surface area contributed by atoms with Gasteiger partial charge in [0.1, 0.15) is 0 Å². The molecule has 1 aromatic carbocycles. The van der Waals surface area contributed by atoms with E-state index < -0.39 is 10.0 Å². The Kier molecular flexibility index (Phi) is 3.79. The molecule has 3 aromatic rings. The molecule has 0 aliphatic rings. The number of hydrogen-bond donors (Lipinski definition) is 1. The molecule has 0 spiro atoms. The van der Waals surface area contributed by atoms with Crippen molar-refractivity contribution in [2.45, 2.75) is 4.21 Å². The Morgan fingerprint density at radius 3 is 2.71 bits per heavy atom. The maximum absolute atomic E-state index is 12.4. The van der Waals surface area contributed by atoms with E-state index in [9.17, 15) is 8.42 Å². The van der Waals surface area contributed by atoms with Crippen molar-refractivity contribution in [3.63, 3.8) is 0 Å². The molecule has 0 aliphatic carbocycles. The Morgan fingerprint density at radius 2 is 2.05 bits per heavy atom. The molecule has 2 heterocycles. The van der Waals surface area contributed by atoms with Gasteiger partial charge in [-0.05, 0) is 39.5 Å².